The van der Waals surface area contributed by atoms with Gasteiger partial charge in [-0.2, -0.15) is 0 Å². The summed E-state index contributed by atoms with van der Waals surface area (Å²) >= 11 is 2.88. The van der Waals surface area contributed by atoms with Crippen molar-refractivity contribution in [3.05, 3.63) is 21.8 Å². The third-order valence-corrected chi connectivity index (χ3v) is 7.25. The highest BCUT2D eigenvalue weighted by molar-refractivity contribution is 7.99. The molecular weight excluding hydrogens is 408 g/mol. The molecule has 1 aliphatic rings. The van der Waals surface area contributed by atoms with Crippen LogP contribution in [0, 0.1) is 0 Å². The number of carbonyl (C=O) groups excluding carboxylic acids is 2. The second kappa shape index (κ2) is 10.2. The van der Waals surface area contributed by atoms with Gasteiger partial charge in [-0.1, -0.05) is 31.5 Å². The number of esters is 1. The molecule has 0 aromatic carbocycles. The summed E-state index contributed by atoms with van der Waals surface area (Å²) in [4.78, 5) is 26.3. The van der Waals surface area contributed by atoms with E-state index in [2.05, 4.69) is 15.5 Å². The zero-order chi connectivity index (χ0) is 20.8. The predicted molar refractivity (Wildman–Crippen MR) is 116 cm³/mol. The number of rotatable bonds is 7. The van der Waals surface area contributed by atoms with Crippen LogP contribution in [-0.2, 0) is 35.3 Å². The second-order valence-corrected chi connectivity index (χ2v) is 8.99. The topological polar surface area (TPSA) is 86.1 Å². The van der Waals surface area contributed by atoms with Gasteiger partial charge < -0.3 is 14.6 Å². The number of amides is 1. The van der Waals surface area contributed by atoms with Crippen molar-refractivity contribution in [3.8, 4) is 0 Å². The summed E-state index contributed by atoms with van der Waals surface area (Å²) in [7, 11) is 1.39. The Kier molecular flexibility index (Phi) is 7.71. The Bertz CT molecular complexity index is 875. The average Bonchev–Trinajstić information content (AvgIpc) is 3.26. The monoisotopic (exact) mass is 436 g/mol. The summed E-state index contributed by atoms with van der Waals surface area (Å²) in [5.74, 6) is 0.606. The molecule has 1 aliphatic carbocycles. The van der Waals surface area contributed by atoms with Gasteiger partial charge in [0.1, 0.15) is 10.8 Å². The molecule has 0 bridgehead atoms. The van der Waals surface area contributed by atoms with E-state index < -0.39 is 0 Å². The highest BCUT2D eigenvalue weighted by Gasteiger charge is 2.26. The first-order valence-electron chi connectivity index (χ1n) is 10.2. The van der Waals surface area contributed by atoms with Crippen molar-refractivity contribution >= 4 is 40.0 Å². The van der Waals surface area contributed by atoms with Crippen LogP contribution in [0.3, 0.4) is 0 Å². The van der Waals surface area contributed by atoms with Crippen molar-refractivity contribution in [1.29, 1.82) is 0 Å². The van der Waals surface area contributed by atoms with Gasteiger partial charge in [0.15, 0.2) is 5.16 Å². The van der Waals surface area contributed by atoms with E-state index in [0.717, 1.165) is 55.2 Å². The summed E-state index contributed by atoms with van der Waals surface area (Å²) in [6.45, 7) is 4.84. The fourth-order valence-electron chi connectivity index (χ4n) is 3.62. The van der Waals surface area contributed by atoms with Crippen LogP contribution in [0.25, 0.3) is 0 Å². The summed E-state index contributed by atoms with van der Waals surface area (Å²) < 4.78 is 7.04. The number of hydrogen-bond donors (Lipinski definition) is 1. The number of aromatic nitrogens is 3. The largest absolute Gasteiger partial charge is 0.465 e. The van der Waals surface area contributed by atoms with Gasteiger partial charge in [0.25, 0.3) is 0 Å². The fourth-order valence-corrected chi connectivity index (χ4v) is 5.74. The minimum Gasteiger partial charge on any atom is -0.465 e. The number of ether oxygens (including phenoxy) is 1. The predicted octanol–water partition coefficient (Wildman–Crippen LogP) is 4.10. The lowest BCUT2D eigenvalue weighted by Crippen LogP contribution is -2.17. The Morgan fingerprint density at radius 3 is 2.62 bits per heavy atom. The van der Waals surface area contributed by atoms with Crippen LogP contribution in [0.2, 0.25) is 0 Å². The van der Waals surface area contributed by atoms with E-state index in [-0.39, 0.29) is 17.6 Å². The summed E-state index contributed by atoms with van der Waals surface area (Å²) in [5.41, 5.74) is 1.60. The Morgan fingerprint density at radius 1 is 1.17 bits per heavy atom. The Morgan fingerprint density at radius 2 is 1.93 bits per heavy atom. The number of nitrogens with zero attached hydrogens (tertiary/aromatic N) is 3. The van der Waals surface area contributed by atoms with Crippen LogP contribution >= 0.6 is 23.1 Å². The van der Waals surface area contributed by atoms with Gasteiger partial charge in [0.2, 0.25) is 5.91 Å². The van der Waals surface area contributed by atoms with Gasteiger partial charge in [-0.25, -0.2) is 4.79 Å². The number of fused-ring (bicyclic) bond motifs is 1. The Labute approximate surface area is 179 Å². The van der Waals surface area contributed by atoms with Crippen LogP contribution in [0.1, 0.15) is 66.2 Å². The molecule has 2 aromatic rings. The second-order valence-electron chi connectivity index (χ2n) is 6.95. The number of aryl methyl sites for hydroxylation is 2. The first-order valence-corrected chi connectivity index (χ1v) is 12.0. The van der Waals surface area contributed by atoms with Gasteiger partial charge in [0, 0.05) is 17.8 Å². The molecule has 0 atom stereocenters. The third kappa shape index (κ3) is 5.01. The molecule has 29 heavy (non-hydrogen) atoms. The maximum atomic E-state index is 12.6. The molecule has 2 heterocycles. The molecule has 1 amide bonds. The van der Waals surface area contributed by atoms with E-state index in [1.165, 1.54) is 47.9 Å². The number of carbonyl (C=O) groups is 2. The van der Waals surface area contributed by atoms with E-state index in [4.69, 9.17) is 4.74 Å². The van der Waals surface area contributed by atoms with Crippen LogP contribution < -0.4 is 5.32 Å². The minimum absolute atomic E-state index is 0.155. The molecule has 7 nitrogen and oxygen atoms in total. The molecule has 0 unspecified atom stereocenters. The normalized spacial score (nSPS) is 14.0. The van der Waals surface area contributed by atoms with Crippen molar-refractivity contribution in [2.24, 2.45) is 0 Å². The summed E-state index contributed by atoms with van der Waals surface area (Å²) in [6, 6.07) is 0. The van der Waals surface area contributed by atoms with E-state index >= 15 is 0 Å². The zero-order valence-corrected chi connectivity index (χ0v) is 18.9. The number of hydrogen-bond acceptors (Lipinski definition) is 7. The van der Waals surface area contributed by atoms with Gasteiger partial charge in [0.05, 0.1) is 18.4 Å². The first kappa shape index (κ1) is 21.8. The number of nitrogens with one attached hydrogen (secondary N) is 1. The molecule has 0 fully saturated rings. The highest BCUT2D eigenvalue weighted by atomic mass is 32.2. The molecule has 2 aromatic heterocycles. The van der Waals surface area contributed by atoms with Crippen molar-refractivity contribution in [1.82, 2.24) is 14.8 Å². The quantitative estimate of drug-likeness (QED) is 0.519. The van der Waals surface area contributed by atoms with E-state index in [1.54, 1.807) is 0 Å². The SMILES string of the molecule is CCc1nnc(SCC(=O)Nc2sc3c(c2C(=O)OC)CCCCCC3)n1CC. The molecule has 0 radical (unpaired) electrons. The third-order valence-electron chi connectivity index (χ3n) is 5.07. The van der Waals surface area contributed by atoms with Gasteiger partial charge in [-0.15, -0.1) is 21.5 Å². The Hall–Kier alpha value is -1.87. The van der Waals surface area contributed by atoms with Crippen LogP contribution in [0.5, 0.6) is 0 Å². The average molecular weight is 437 g/mol. The molecule has 9 heteroatoms. The van der Waals surface area contributed by atoms with Crippen LogP contribution in [-0.4, -0.2) is 39.5 Å². The van der Waals surface area contributed by atoms with Gasteiger partial charge >= 0.3 is 5.97 Å². The number of thiophene rings is 1. The standard InChI is InChI=1S/C20H28N4O3S2/c1-4-15-22-23-20(24(15)5-2)28-12-16(25)21-18-17(19(26)27-3)13-10-8-6-7-9-11-14(13)29-18/h4-12H2,1-3H3,(H,21,25). The summed E-state index contributed by atoms with van der Waals surface area (Å²) in [6.07, 6.45) is 7.17. The zero-order valence-electron chi connectivity index (χ0n) is 17.2. The molecule has 0 saturated heterocycles. The molecule has 0 saturated carbocycles. The lowest BCUT2D eigenvalue weighted by atomic mass is 9.96. The molecule has 0 spiro atoms. The summed E-state index contributed by atoms with van der Waals surface area (Å²) in [5, 5.41) is 12.7. The minimum atomic E-state index is -0.371. The first-order chi connectivity index (χ1) is 14.1. The lowest BCUT2D eigenvalue weighted by molar-refractivity contribution is -0.113. The molecule has 3 rings (SSSR count). The smallest absolute Gasteiger partial charge is 0.341 e. The van der Waals surface area contributed by atoms with E-state index in [0.29, 0.717) is 10.6 Å². The van der Waals surface area contributed by atoms with E-state index in [9.17, 15) is 9.59 Å². The Balaban J connectivity index is 1.75. The van der Waals surface area contributed by atoms with Gasteiger partial charge in [-0.05, 0) is 38.2 Å². The lowest BCUT2D eigenvalue weighted by Gasteiger charge is -2.11. The molecule has 0 aliphatic heterocycles. The van der Waals surface area contributed by atoms with E-state index in [1.807, 2.05) is 18.4 Å². The van der Waals surface area contributed by atoms with Crippen molar-refractivity contribution < 1.29 is 14.3 Å². The number of methoxy groups -OCH3 is 1. The van der Waals surface area contributed by atoms with Crippen LogP contribution in [0.15, 0.2) is 5.16 Å². The maximum absolute atomic E-state index is 12.6. The molecular formula is C20H28N4O3S2. The van der Waals surface area contributed by atoms with Crippen molar-refractivity contribution in [2.75, 3.05) is 18.2 Å². The highest BCUT2D eigenvalue weighted by Crippen LogP contribution is 2.37. The van der Waals surface area contributed by atoms with Crippen molar-refractivity contribution in [3.63, 3.8) is 0 Å². The number of thioether (sulfide) groups is 1. The fraction of sp³-hybridized carbons (Fsp3) is 0.600. The van der Waals surface area contributed by atoms with Gasteiger partial charge in [-0.3, -0.25) is 4.79 Å². The molecule has 158 valence electrons. The maximum Gasteiger partial charge on any atom is 0.341 e. The number of anilines is 1. The van der Waals surface area contributed by atoms with Crippen molar-refractivity contribution in [2.45, 2.75) is 70.5 Å². The molecule has 1 N–H and O–H groups in total. The van der Waals surface area contributed by atoms with Crippen LogP contribution in [0.4, 0.5) is 5.00 Å².